The highest BCUT2D eigenvalue weighted by molar-refractivity contribution is 6.70. The summed E-state index contributed by atoms with van der Waals surface area (Å²) in [6, 6.07) is 8.94. The van der Waals surface area contributed by atoms with Crippen LogP contribution in [0.4, 0.5) is 0 Å². The number of hydrogen-bond donors (Lipinski definition) is 2. The van der Waals surface area contributed by atoms with Gasteiger partial charge in [0.05, 0.1) is 0 Å². The number of benzene rings is 1. The Labute approximate surface area is 105 Å². The van der Waals surface area contributed by atoms with E-state index in [4.69, 9.17) is 4.43 Å². The summed E-state index contributed by atoms with van der Waals surface area (Å²) in [6.45, 7) is 9.72. The van der Waals surface area contributed by atoms with Crippen LogP contribution in [0.15, 0.2) is 24.3 Å². The number of nitrogens with one attached hydrogen (secondary N) is 2. The fourth-order valence-electron chi connectivity index (χ4n) is 2.01. The van der Waals surface area contributed by atoms with Gasteiger partial charge in [0.2, 0.25) is 8.32 Å². The van der Waals surface area contributed by atoms with Gasteiger partial charge in [-0.3, -0.25) is 0 Å². The molecule has 0 amide bonds. The summed E-state index contributed by atoms with van der Waals surface area (Å²) in [5.41, 5.74) is 1.33. The van der Waals surface area contributed by atoms with E-state index in [1.807, 2.05) is 0 Å². The van der Waals surface area contributed by atoms with Crippen LogP contribution in [0.1, 0.15) is 11.6 Å². The monoisotopic (exact) mass is 250 g/mol. The summed E-state index contributed by atoms with van der Waals surface area (Å²) in [5.74, 6) is 0.997. The van der Waals surface area contributed by atoms with Crippen LogP contribution in [0.5, 0.6) is 5.75 Å². The first-order chi connectivity index (χ1) is 8.04. The number of piperazine rings is 1. The zero-order valence-electron chi connectivity index (χ0n) is 10.9. The van der Waals surface area contributed by atoms with Crippen LogP contribution in [0, 0.1) is 0 Å². The van der Waals surface area contributed by atoms with E-state index in [2.05, 4.69) is 54.5 Å². The summed E-state index contributed by atoms with van der Waals surface area (Å²) in [6.07, 6.45) is 0. The van der Waals surface area contributed by atoms with Crippen molar-refractivity contribution in [3.8, 4) is 5.75 Å². The van der Waals surface area contributed by atoms with Gasteiger partial charge in [-0.15, -0.1) is 0 Å². The van der Waals surface area contributed by atoms with Gasteiger partial charge in [0, 0.05) is 25.7 Å². The lowest BCUT2D eigenvalue weighted by Gasteiger charge is -2.25. The molecule has 3 nitrogen and oxygen atoms in total. The molecule has 2 rings (SSSR count). The normalized spacial score (nSPS) is 21.2. The Morgan fingerprint density at radius 3 is 2.35 bits per heavy atom. The lowest BCUT2D eigenvalue weighted by molar-refractivity contribution is 0.430. The Bertz CT molecular complexity index is 353. The van der Waals surface area contributed by atoms with Crippen molar-refractivity contribution in [1.29, 1.82) is 0 Å². The van der Waals surface area contributed by atoms with Crippen LogP contribution in [0.3, 0.4) is 0 Å². The molecule has 1 aromatic rings. The average molecular weight is 250 g/mol. The third-order valence-electron chi connectivity index (χ3n) is 2.75. The third-order valence-corrected chi connectivity index (χ3v) is 3.60. The average Bonchev–Trinajstić information content (AvgIpc) is 2.29. The standard InChI is InChI=1S/C13H22N2OSi/c1-17(2,3)16-12-6-4-11(5-7-12)13-10-14-8-9-15-13/h4-7,13-15H,8-10H2,1-3H3/t13-/m0/s1. The van der Waals surface area contributed by atoms with E-state index in [0.29, 0.717) is 6.04 Å². The first-order valence-corrected chi connectivity index (χ1v) is 9.68. The van der Waals surface area contributed by atoms with E-state index in [1.54, 1.807) is 0 Å². The molecule has 1 aliphatic rings. The largest absolute Gasteiger partial charge is 0.544 e. The molecule has 17 heavy (non-hydrogen) atoms. The maximum Gasteiger partial charge on any atom is 0.242 e. The minimum absolute atomic E-state index is 0.435. The van der Waals surface area contributed by atoms with E-state index < -0.39 is 8.32 Å². The fraction of sp³-hybridized carbons (Fsp3) is 0.538. The molecule has 0 radical (unpaired) electrons. The van der Waals surface area contributed by atoms with E-state index in [9.17, 15) is 0 Å². The van der Waals surface area contributed by atoms with Crippen LogP contribution < -0.4 is 15.1 Å². The fourth-order valence-corrected chi connectivity index (χ4v) is 2.85. The molecule has 4 heteroatoms. The van der Waals surface area contributed by atoms with Gasteiger partial charge in [0.1, 0.15) is 5.75 Å². The molecule has 1 saturated heterocycles. The number of hydrogen-bond acceptors (Lipinski definition) is 3. The lowest BCUT2D eigenvalue weighted by Crippen LogP contribution is -2.42. The minimum atomic E-state index is -1.48. The van der Waals surface area contributed by atoms with Crippen LogP contribution in [0.25, 0.3) is 0 Å². The second-order valence-corrected chi connectivity index (χ2v) is 9.92. The van der Waals surface area contributed by atoms with Gasteiger partial charge in [-0.2, -0.15) is 0 Å². The molecule has 1 atom stereocenters. The summed E-state index contributed by atoms with van der Waals surface area (Å²) in [4.78, 5) is 0. The lowest BCUT2D eigenvalue weighted by atomic mass is 10.1. The zero-order chi connectivity index (χ0) is 12.3. The SMILES string of the molecule is C[Si](C)(C)Oc1ccc([C@@H]2CNCCN2)cc1. The molecule has 0 spiro atoms. The molecule has 1 heterocycles. The van der Waals surface area contributed by atoms with E-state index in [-0.39, 0.29) is 0 Å². The summed E-state index contributed by atoms with van der Waals surface area (Å²) < 4.78 is 5.95. The van der Waals surface area contributed by atoms with Crippen molar-refractivity contribution in [2.24, 2.45) is 0 Å². The smallest absolute Gasteiger partial charge is 0.242 e. The molecule has 2 N–H and O–H groups in total. The van der Waals surface area contributed by atoms with Gasteiger partial charge in [-0.05, 0) is 37.3 Å². The van der Waals surface area contributed by atoms with Crippen LogP contribution in [-0.4, -0.2) is 28.0 Å². The zero-order valence-corrected chi connectivity index (χ0v) is 11.9. The molecular formula is C13H22N2OSi. The van der Waals surface area contributed by atoms with Crippen LogP contribution in [-0.2, 0) is 0 Å². The Morgan fingerprint density at radius 2 is 1.82 bits per heavy atom. The van der Waals surface area contributed by atoms with Crippen molar-refractivity contribution in [2.45, 2.75) is 25.7 Å². The van der Waals surface area contributed by atoms with Crippen LogP contribution in [0.2, 0.25) is 19.6 Å². The molecule has 0 bridgehead atoms. The van der Waals surface area contributed by atoms with E-state index in [0.717, 1.165) is 25.4 Å². The second-order valence-electron chi connectivity index (χ2n) is 5.49. The first kappa shape index (κ1) is 12.6. The molecule has 1 aliphatic heterocycles. The first-order valence-electron chi connectivity index (χ1n) is 6.28. The molecule has 0 aromatic heterocycles. The van der Waals surface area contributed by atoms with E-state index in [1.165, 1.54) is 5.56 Å². The molecule has 1 fully saturated rings. The third kappa shape index (κ3) is 3.83. The highest BCUT2D eigenvalue weighted by Crippen LogP contribution is 2.20. The Kier molecular flexibility index (Phi) is 3.86. The predicted molar refractivity (Wildman–Crippen MR) is 74.0 cm³/mol. The van der Waals surface area contributed by atoms with Crippen LogP contribution >= 0.6 is 0 Å². The van der Waals surface area contributed by atoms with Crippen molar-refractivity contribution in [3.63, 3.8) is 0 Å². The quantitative estimate of drug-likeness (QED) is 0.806. The summed E-state index contributed by atoms with van der Waals surface area (Å²) in [7, 11) is -1.48. The Morgan fingerprint density at radius 1 is 1.12 bits per heavy atom. The van der Waals surface area contributed by atoms with Crippen molar-refractivity contribution >= 4 is 8.32 Å². The van der Waals surface area contributed by atoms with Gasteiger partial charge in [0.25, 0.3) is 0 Å². The van der Waals surface area contributed by atoms with Gasteiger partial charge >= 0.3 is 0 Å². The van der Waals surface area contributed by atoms with Crippen molar-refractivity contribution in [2.75, 3.05) is 19.6 Å². The number of rotatable bonds is 3. The molecule has 94 valence electrons. The van der Waals surface area contributed by atoms with Gasteiger partial charge in [-0.1, -0.05) is 12.1 Å². The molecule has 0 unspecified atom stereocenters. The topological polar surface area (TPSA) is 33.3 Å². The second kappa shape index (κ2) is 5.21. The van der Waals surface area contributed by atoms with Gasteiger partial charge < -0.3 is 15.1 Å². The minimum Gasteiger partial charge on any atom is -0.544 e. The molecule has 1 aromatic carbocycles. The maximum absolute atomic E-state index is 5.95. The summed E-state index contributed by atoms with van der Waals surface area (Å²) in [5, 5.41) is 6.91. The molecule has 0 saturated carbocycles. The van der Waals surface area contributed by atoms with E-state index >= 15 is 0 Å². The van der Waals surface area contributed by atoms with Crippen molar-refractivity contribution < 1.29 is 4.43 Å². The van der Waals surface area contributed by atoms with Crippen molar-refractivity contribution in [1.82, 2.24) is 10.6 Å². The van der Waals surface area contributed by atoms with Crippen molar-refractivity contribution in [3.05, 3.63) is 29.8 Å². The Balaban J connectivity index is 2.02. The van der Waals surface area contributed by atoms with Gasteiger partial charge in [-0.25, -0.2) is 0 Å². The maximum atomic E-state index is 5.95. The predicted octanol–water partition coefficient (Wildman–Crippen LogP) is 2.13. The highest BCUT2D eigenvalue weighted by atomic mass is 28.4. The van der Waals surface area contributed by atoms with Gasteiger partial charge in [0.15, 0.2) is 0 Å². The Hall–Kier alpha value is -0.843. The molecule has 0 aliphatic carbocycles. The highest BCUT2D eigenvalue weighted by Gasteiger charge is 2.17. The summed E-state index contributed by atoms with van der Waals surface area (Å²) >= 11 is 0. The molecular weight excluding hydrogens is 228 g/mol.